The summed E-state index contributed by atoms with van der Waals surface area (Å²) in [6, 6.07) is 9.83. The van der Waals surface area contributed by atoms with Gasteiger partial charge in [-0.25, -0.2) is 9.97 Å². The number of nitriles is 1. The molecule has 0 N–H and O–H groups in total. The highest BCUT2D eigenvalue weighted by molar-refractivity contribution is 7.99. The number of benzene rings is 1. The second kappa shape index (κ2) is 7.77. The van der Waals surface area contributed by atoms with Gasteiger partial charge in [-0.05, 0) is 37.7 Å². The van der Waals surface area contributed by atoms with Crippen molar-refractivity contribution in [2.75, 3.05) is 0 Å². The van der Waals surface area contributed by atoms with Crippen LogP contribution in [0.3, 0.4) is 0 Å². The first kappa shape index (κ1) is 16.9. The molecule has 0 saturated carbocycles. The van der Waals surface area contributed by atoms with E-state index in [4.69, 9.17) is 10.00 Å². The summed E-state index contributed by atoms with van der Waals surface area (Å²) in [6.45, 7) is 5.11. The lowest BCUT2D eigenvalue weighted by molar-refractivity contribution is 0.288. The fourth-order valence-electron chi connectivity index (χ4n) is 2.12. The maximum absolute atomic E-state index is 8.77. The van der Waals surface area contributed by atoms with Crippen LogP contribution in [0.4, 0.5) is 0 Å². The minimum atomic E-state index is 0.286. The predicted octanol–water partition coefficient (Wildman–Crippen LogP) is 3.00. The highest BCUT2D eigenvalue weighted by Crippen LogP contribution is 2.24. The van der Waals surface area contributed by atoms with Crippen molar-refractivity contribution in [3.63, 3.8) is 0 Å². The smallest absolute Gasteiger partial charge is 0.197 e. The van der Waals surface area contributed by atoms with E-state index in [1.165, 1.54) is 23.5 Å². The second-order valence-corrected chi connectivity index (χ2v) is 6.19. The van der Waals surface area contributed by atoms with Gasteiger partial charge in [0.25, 0.3) is 0 Å². The molecule has 7 nitrogen and oxygen atoms in total. The minimum absolute atomic E-state index is 0.286. The molecule has 0 amide bonds. The predicted molar refractivity (Wildman–Crippen MR) is 92.1 cm³/mol. The number of aryl methyl sites for hydroxylation is 1. The second-order valence-electron chi connectivity index (χ2n) is 5.20. The molecular formula is C17H16N6OS. The fraction of sp³-hybridized carbons (Fsp3) is 0.235. The van der Waals surface area contributed by atoms with E-state index in [1.54, 1.807) is 6.20 Å². The largest absolute Gasteiger partial charge is 0.486 e. The van der Waals surface area contributed by atoms with E-state index in [9.17, 15) is 0 Å². The van der Waals surface area contributed by atoms with E-state index in [0.29, 0.717) is 23.3 Å². The molecule has 0 aliphatic heterocycles. The summed E-state index contributed by atoms with van der Waals surface area (Å²) in [6.07, 6.45) is 3.00. The maximum atomic E-state index is 8.77. The molecule has 0 aliphatic rings. The lowest BCUT2D eigenvalue weighted by Crippen LogP contribution is -2.07. The summed E-state index contributed by atoms with van der Waals surface area (Å²) in [5.41, 5.74) is 1.47. The van der Waals surface area contributed by atoms with Gasteiger partial charge in [0.15, 0.2) is 16.7 Å². The zero-order chi connectivity index (χ0) is 17.6. The van der Waals surface area contributed by atoms with E-state index in [0.717, 1.165) is 11.6 Å². The highest BCUT2D eigenvalue weighted by Gasteiger charge is 2.13. The summed E-state index contributed by atoms with van der Waals surface area (Å²) in [7, 11) is 0. The van der Waals surface area contributed by atoms with E-state index >= 15 is 0 Å². The molecule has 0 bridgehead atoms. The fourth-order valence-corrected chi connectivity index (χ4v) is 2.95. The summed E-state index contributed by atoms with van der Waals surface area (Å²) in [5.74, 6) is 1.54. The van der Waals surface area contributed by atoms with Crippen molar-refractivity contribution in [3.8, 4) is 11.8 Å². The van der Waals surface area contributed by atoms with Gasteiger partial charge in [0.1, 0.15) is 23.5 Å². The van der Waals surface area contributed by atoms with Crippen molar-refractivity contribution in [1.82, 2.24) is 24.7 Å². The van der Waals surface area contributed by atoms with Crippen LogP contribution in [0.1, 0.15) is 24.0 Å². The monoisotopic (exact) mass is 352 g/mol. The molecule has 2 heterocycles. The Bertz CT molecular complexity index is 883. The maximum Gasteiger partial charge on any atom is 0.197 e. The van der Waals surface area contributed by atoms with E-state index in [1.807, 2.05) is 48.7 Å². The Morgan fingerprint density at radius 2 is 1.96 bits per heavy atom. The minimum Gasteiger partial charge on any atom is -0.486 e. The molecule has 3 aromatic rings. The zero-order valence-electron chi connectivity index (χ0n) is 13.9. The quantitative estimate of drug-likeness (QED) is 0.673. The van der Waals surface area contributed by atoms with Crippen LogP contribution in [0.15, 0.2) is 46.8 Å². The molecule has 0 aliphatic carbocycles. The number of hydrogen-bond donors (Lipinski definition) is 0. The third kappa shape index (κ3) is 4.14. The van der Waals surface area contributed by atoms with Gasteiger partial charge in [-0.15, -0.1) is 10.2 Å². The van der Waals surface area contributed by atoms with Crippen LogP contribution in [-0.2, 0) is 13.2 Å². The first-order valence-corrected chi connectivity index (χ1v) is 8.52. The normalized spacial score (nSPS) is 10.4. The molecule has 0 atom stereocenters. The number of nitrogens with zero attached hydrogens (tertiary/aromatic N) is 6. The number of hydrogen-bond acceptors (Lipinski definition) is 7. The summed E-state index contributed by atoms with van der Waals surface area (Å²) in [5, 5.41) is 18.6. The summed E-state index contributed by atoms with van der Waals surface area (Å²) in [4.78, 5) is 8.21. The standard InChI is InChI=1S/C17H16N6OS/c1-3-23-15(11-24-14-6-4-12(2)5-7-14)21-22-17(23)25-16-10-19-13(8-18)9-20-16/h4-7,9-10H,3,11H2,1-2H3. The zero-order valence-corrected chi connectivity index (χ0v) is 14.7. The van der Waals surface area contributed by atoms with Crippen molar-refractivity contribution in [3.05, 3.63) is 53.7 Å². The van der Waals surface area contributed by atoms with Gasteiger partial charge < -0.3 is 9.30 Å². The van der Waals surface area contributed by atoms with Crippen LogP contribution >= 0.6 is 11.8 Å². The summed E-state index contributed by atoms with van der Waals surface area (Å²) >= 11 is 1.35. The Morgan fingerprint density at radius 1 is 1.16 bits per heavy atom. The van der Waals surface area contributed by atoms with Crippen molar-refractivity contribution in [2.45, 2.75) is 37.2 Å². The van der Waals surface area contributed by atoms with Crippen LogP contribution in [0.5, 0.6) is 5.75 Å². The van der Waals surface area contributed by atoms with Crippen molar-refractivity contribution < 1.29 is 4.74 Å². The SMILES string of the molecule is CCn1c(COc2ccc(C)cc2)nnc1Sc1cnc(C#N)cn1. The number of aromatic nitrogens is 5. The van der Waals surface area contributed by atoms with Crippen molar-refractivity contribution in [2.24, 2.45) is 0 Å². The summed E-state index contributed by atoms with van der Waals surface area (Å²) < 4.78 is 7.76. The molecule has 0 fully saturated rings. The van der Waals surface area contributed by atoms with Crippen molar-refractivity contribution in [1.29, 1.82) is 5.26 Å². The molecule has 0 unspecified atom stereocenters. The molecule has 0 spiro atoms. The molecule has 25 heavy (non-hydrogen) atoms. The average molecular weight is 352 g/mol. The highest BCUT2D eigenvalue weighted by atomic mass is 32.2. The molecule has 2 aromatic heterocycles. The topological polar surface area (TPSA) is 89.5 Å². The van der Waals surface area contributed by atoms with Gasteiger partial charge in [0.05, 0.1) is 12.4 Å². The lowest BCUT2D eigenvalue weighted by Gasteiger charge is -2.08. The molecular weight excluding hydrogens is 336 g/mol. The van der Waals surface area contributed by atoms with E-state index < -0.39 is 0 Å². The first-order chi connectivity index (χ1) is 12.2. The molecule has 8 heteroatoms. The van der Waals surface area contributed by atoms with Crippen LogP contribution < -0.4 is 4.74 Å². The van der Waals surface area contributed by atoms with Crippen LogP contribution in [0.2, 0.25) is 0 Å². The lowest BCUT2D eigenvalue weighted by atomic mass is 10.2. The number of ether oxygens (including phenoxy) is 1. The Morgan fingerprint density at radius 3 is 2.60 bits per heavy atom. The van der Waals surface area contributed by atoms with Gasteiger partial charge in [-0.2, -0.15) is 5.26 Å². The Kier molecular flexibility index (Phi) is 5.26. The van der Waals surface area contributed by atoms with Gasteiger partial charge in [0, 0.05) is 6.54 Å². The van der Waals surface area contributed by atoms with Crippen LogP contribution in [-0.4, -0.2) is 24.7 Å². The molecule has 3 rings (SSSR count). The first-order valence-electron chi connectivity index (χ1n) is 7.71. The Hall–Kier alpha value is -2.92. The van der Waals surface area contributed by atoms with Crippen molar-refractivity contribution >= 4 is 11.8 Å². The average Bonchev–Trinajstić information content (AvgIpc) is 3.03. The van der Waals surface area contributed by atoms with Gasteiger partial charge in [-0.3, -0.25) is 0 Å². The molecule has 1 aromatic carbocycles. The Labute approximate surface area is 149 Å². The molecule has 0 radical (unpaired) electrons. The van der Waals surface area contributed by atoms with Crippen LogP contribution in [0, 0.1) is 18.3 Å². The third-order valence-corrected chi connectivity index (χ3v) is 4.34. The van der Waals surface area contributed by atoms with Gasteiger partial charge >= 0.3 is 0 Å². The van der Waals surface area contributed by atoms with Gasteiger partial charge in [0.2, 0.25) is 0 Å². The van der Waals surface area contributed by atoms with E-state index in [-0.39, 0.29) is 5.69 Å². The molecule has 0 saturated heterocycles. The Balaban J connectivity index is 1.71. The van der Waals surface area contributed by atoms with Crippen LogP contribution in [0.25, 0.3) is 0 Å². The molecule has 126 valence electrons. The van der Waals surface area contributed by atoms with Gasteiger partial charge in [-0.1, -0.05) is 17.7 Å². The third-order valence-electron chi connectivity index (χ3n) is 3.44. The number of rotatable bonds is 6. The van der Waals surface area contributed by atoms with E-state index in [2.05, 4.69) is 20.2 Å².